The molecule has 12 heavy (non-hydrogen) atoms. The lowest BCUT2D eigenvalue weighted by molar-refractivity contribution is 1.22. The first-order valence-electron chi connectivity index (χ1n) is 3.65. The summed E-state index contributed by atoms with van der Waals surface area (Å²) in [7, 11) is 0. The maximum Gasteiger partial charge on any atom is 0.00106 e. The monoisotopic (exact) mass is 223 g/mol. The number of halogens is 1. The van der Waals surface area contributed by atoms with Crippen LogP contribution in [-0.4, -0.2) is 0 Å². The summed E-state index contributed by atoms with van der Waals surface area (Å²) in [5.74, 6) is 0. The number of hydrogen-bond donors (Lipinski definition) is 1. The van der Waals surface area contributed by atoms with E-state index in [0.29, 0.717) is 0 Å². The molecule has 0 fully saturated rings. The Morgan fingerprint density at radius 1 is 0.833 bits per heavy atom. The van der Waals surface area contributed by atoms with E-state index in [9.17, 15) is 0 Å². The zero-order valence-corrected chi connectivity index (χ0v) is 8.24. The molecule has 1 aromatic rings. The van der Waals surface area contributed by atoms with Crippen molar-refractivity contribution in [2.75, 3.05) is 0 Å². The van der Waals surface area contributed by atoms with E-state index < -0.39 is 0 Å². The quantitative estimate of drug-likeness (QED) is 0.714. The van der Waals surface area contributed by atoms with Gasteiger partial charge in [0, 0.05) is 12.4 Å². The second kappa shape index (κ2) is 4.12. The van der Waals surface area contributed by atoms with E-state index in [1.165, 1.54) is 11.1 Å². The molecule has 0 aromatic heterocycles. The van der Waals surface area contributed by atoms with Crippen molar-refractivity contribution in [3.05, 3.63) is 47.8 Å². The summed E-state index contributed by atoms with van der Waals surface area (Å²) in [4.78, 5) is 0. The summed E-state index contributed by atoms with van der Waals surface area (Å²) in [5.41, 5.74) is 2.52. The van der Waals surface area contributed by atoms with Crippen LogP contribution in [0.1, 0.15) is 11.1 Å². The number of fused-ring (bicyclic) bond motifs is 1. The number of benzene rings is 1. The third kappa shape index (κ3) is 1.77. The Balaban J connectivity index is 0.000000720. The molecule has 0 aliphatic carbocycles. The molecule has 0 unspecified atom stereocenters. The molecule has 1 N–H and O–H groups in total. The van der Waals surface area contributed by atoms with Gasteiger partial charge in [-0.3, -0.25) is 0 Å². The molecule has 0 saturated carbocycles. The Hall–Kier alpha value is -1.02. The normalized spacial score (nSPS) is 12.3. The summed E-state index contributed by atoms with van der Waals surface area (Å²) >= 11 is 0. The molecule has 0 bridgehead atoms. The molecule has 1 heterocycles. The van der Waals surface area contributed by atoms with E-state index in [4.69, 9.17) is 0 Å². The van der Waals surface area contributed by atoms with Gasteiger partial charge in [0.2, 0.25) is 0 Å². The van der Waals surface area contributed by atoms with E-state index in [1.54, 1.807) is 0 Å². The molecule has 0 radical (unpaired) electrons. The first kappa shape index (κ1) is 9.07. The van der Waals surface area contributed by atoms with Crippen molar-refractivity contribution in [3.63, 3.8) is 0 Å². The van der Waals surface area contributed by atoms with Gasteiger partial charge in [0.25, 0.3) is 0 Å². The highest BCUT2D eigenvalue weighted by Crippen LogP contribution is 2.13. The molecule has 1 aliphatic heterocycles. The van der Waals surface area contributed by atoms with Crippen LogP contribution < -0.4 is 5.32 Å². The molecule has 0 spiro atoms. The summed E-state index contributed by atoms with van der Waals surface area (Å²) in [6.07, 6.45) is 8.00. The fourth-order valence-electron chi connectivity index (χ4n) is 1.15. The standard InChI is InChI=1S/C10H9N.BrH/c1-2-4-10-6-8-11-7-5-9(10)3-1;/h1-8,11H;1H. The molecular weight excluding hydrogens is 214 g/mol. The molecule has 62 valence electrons. The topological polar surface area (TPSA) is 12.0 Å². The Bertz CT molecular complexity index is 284. The van der Waals surface area contributed by atoms with Crippen LogP contribution in [0.25, 0.3) is 12.2 Å². The Labute approximate surface area is 82.6 Å². The van der Waals surface area contributed by atoms with E-state index in [0.717, 1.165) is 0 Å². The van der Waals surface area contributed by atoms with Crippen LogP contribution in [0, 0.1) is 0 Å². The predicted molar refractivity (Wildman–Crippen MR) is 58.0 cm³/mol. The lowest BCUT2D eigenvalue weighted by Gasteiger charge is -1.95. The lowest BCUT2D eigenvalue weighted by Crippen LogP contribution is -1.86. The van der Waals surface area contributed by atoms with Crippen LogP contribution >= 0.6 is 17.0 Å². The van der Waals surface area contributed by atoms with Gasteiger partial charge < -0.3 is 5.32 Å². The molecule has 0 amide bonds. The number of nitrogens with one attached hydrogen (secondary N) is 1. The van der Waals surface area contributed by atoms with E-state index in [2.05, 4.69) is 29.6 Å². The second-order valence-electron chi connectivity index (χ2n) is 2.46. The van der Waals surface area contributed by atoms with E-state index >= 15 is 0 Å². The van der Waals surface area contributed by atoms with Crippen molar-refractivity contribution < 1.29 is 0 Å². The van der Waals surface area contributed by atoms with Crippen molar-refractivity contribution >= 4 is 29.1 Å². The van der Waals surface area contributed by atoms with Gasteiger partial charge in [-0.25, -0.2) is 0 Å². The largest absolute Gasteiger partial charge is 0.368 e. The first-order valence-corrected chi connectivity index (χ1v) is 3.65. The highest BCUT2D eigenvalue weighted by Gasteiger charge is 1.94. The maximum atomic E-state index is 3.03. The van der Waals surface area contributed by atoms with Gasteiger partial charge in [-0.2, -0.15) is 0 Å². The van der Waals surface area contributed by atoms with Crippen molar-refractivity contribution in [2.45, 2.75) is 0 Å². The third-order valence-electron chi connectivity index (χ3n) is 1.71. The van der Waals surface area contributed by atoms with Gasteiger partial charge in [0.15, 0.2) is 0 Å². The second-order valence-corrected chi connectivity index (χ2v) is 2.46. The molecule has 1 nitrogen and oxygen atoms in total. The van der Waals surface area contributed by atoms with Crippen LogP contribution in [0.5, 0.6) is 0 Å². The van der Waals surface area contributed by atoms with Gasteiger partial charge in [0.1, 0.15) is 0 Å². The van der Waals surface area contributed by atoms with Crippen molar-refractivity contribution in [3.8, 4) is 0 Å². The summed E-state index contributed by atoms with van der Waals surface area (Å²) in [6, 6.07) is 8.29. The van der Waals surface area contributed by atoms with E-state index in [-0.39, 0.29) is 17.0 Å². The lowest BCUT2D eigenvalue weighted by atomic mass is 10.1. The zero-order chi connectivity index (χ0) is 7.52. The molecule has 1 aliphatic rings. The van der Waals surface area contributed by atoms with Gasteiger partial charge in [0.05, 0.1) is 0 Å². The zero-order valence-electron chi connectivity index (χ0n) is 6.53. The summed E-state index contributed by atoms with van der Waals surface area (Å²) < 4.78 is 0. The van der Waals surface area contributed by atoms with Crippen molar-refractivity contribution in [1.29, 1.82) is 0 Å². The minimum Gasteiger partial charge on any atom is -0.368 e. The van der Waals surface area contributed by atoms with Crippen LogP contribution in [0.2, 0.25) is 0 Å². The van der Waals surface area contributed by atoms with Crippen molar-refractivity contribution in [2.24, 2.45) is 0 Å². The van der Waals surface area contributed by atoms with Crippen LogP contribution in [0.3, 0.4) is 0 Å². The highest BCUT2D eigenvalue weighted by molar-refractivity contribution is 8.93. The van der Waals surface area contributed by atoms with Crippen molar-refractivity contribution in [1.82, 2.24) is 5.32 Å². The molecule has 0 atom stereocenters. The predicted octanol–water partition coefficient (Wildman–Crippen LogP) is 2.81. The smallest absolute Gasteiger partial charge is 0.00106 e. The fraction of sp³-hybridized carbons (Fsp3) is 0. The summed E-state index contributed by atoms with van der Waals surface area (Å²) in [6.45, 7) is 0. The van der Waals surface area contributed by atoms with Gasteiger partial charge in [-0.05, 0) is 23.3 Å². The third-order valence-corrected chi connectivity index (χ3v) is 1.71. The molecule has 1 aromatic carbocycles. The first-order chi connectivity index (χ1) is 5.47. The minimum atomic E-state index is 0. The van der Waals surface area contributed by atoms with Crippen LogP contribution in [-0.2, 0) is 0 Å². The average Bonchev–Trinajstić information content (AvgIpc) is 2.28. The SMILES string of the molecule is Br.C1=Cc2ccccc2C=CN1. The van der Waals surface area contributed by atoms with E-state index in [1.807, 2.05) is 24.5 Å². The Morgan fingerprint density at radius 2 is 1.33 bits per heavy atom. The van der Waals surface area contributed by atoms with Crippen LogP contribution in [0.15, 0.2) is 36.7 Å². The number of rotatable bonds is 0. The van der Waals surface area contributed by atoms with Gasteiger partial charge in [-0.1, -0.05) is 24.3 Å². The Morgan fingerprint density at radius 3 is 1.83 bits per heavy atom. The van der Waals surface area contributed by atoms with Gasteiger partial charge in [-0.15, -0.1) is 17.0 Å². The average molecular weight is 224 g/mol. The fourth-order valence-corrected chi connectivity index (χ4v) is 1.15. The maximum absolute atomic E-state index is 3.03. The molecule has 2 rings (SSSR count). The number of hydrogen-bond acceptors (Lipinski definition) is 1. The molecular formula is C10H10BrN. The highest BCUT2D eigenvalue weighted by atomic mass is 79.9. The minimum absolute atomic E-state index is 0. The molecule has 2 heteroatoms. The van der Waals surface area contributed by atoms with Gasteiger partial charge >= 0.3 is 0 Å². The Kier molecular flexibility index (Phi) is 3.11. The molecule has 0 saturated heterocycles. The summed E-state index contributed by atoms with van der Waals surface area (Å²) in [5, 5.41) is 3.03. The van der Waals surface area contributed by atoms with Crippen LogP contribution in [0.4, 0.5) is 0 Å².